The van der Waals surface area contributed by atoms with Crippen LogP contribution in [0.3, 0.4) is 0 Å². The molecule has 0 aliphatic heterocycles. The smallest absolute Gasteiger partial charge is 0.341 e. The molecule has 98 valence electrons. The SMILES string of the molecule is CCOC(=O)c1cnc(CC)nc1-c1ccccc1. The minimum atomic E-state index is -0.385. The lowest BCUT2D eigenvalue weighted by Gasteiger charge is -2.09. The van der Waals surface area contributed by atoms with Crippen molar-refractivity contribution >= 4 is 5.97 Å². The zero-order valence-corrected chi connectivity index (χ0v) is 11.1. The largest absolute Gasteiger partial charge is 0.462 e. The van der Waals surface area contributed by atoms with Crippen LogP contribution in [0.5, 0.6) is 0 Å². The number of carbonyl (C=O) groups excluding carboxylic acids is 1. The van der Waals surface area contributed by atoms with E-state index in [-0.39, 0.29) is 5.97 Å². The number of hydrogen-bond acceptors (Lipinski definition) is 4. The van der Waals surface area contributed by atoms with Gasteiger partial charge in [0.05, 0.1) is 12.3 Å². The summed E-state index contributed by atoms with van der Waals surface area (Å²) < 4.78 is 5.04. The van der Waals surface area contributed by atoms with Gasteiger partial charge < -0.3 is 4.74 Å². The summed E-state index contributed by atoms with van der Waals surface area (Å²) >= 11 is 0. The Morgan fingerprint density at radius 3 is 2.58 bits per heavy atom. The van der Waals surface area contributed by atoms with E-state index in [1.54, 1.807) is 13.1 Å². The van der Waals surface area contributed by atoms with E-state index in [2.05, 4.69) is 9.97 Å². The molecule has 1 aromatic carbocycles. The van der Waals surface area contributed by atoms with E-state index >= 15 is 0 Å². The molecule has 0 aliphatic rings. The summed E-state index contributed by atoms with van der Waals surface area (Å²) in [4.78, 5) is 20.6. The maximum absolute atomic E-state index is 11.9. The maximum atomic E-state index is 11.9. The third kappa shape index (κ3) is 2.96. The number of esters is 1. The van der Waals surface area contributed by atoms with Crippen LogP contribution in [0.15, 0.2) is 36.5 Å². The molecule has 0 fully saturated rings. The first-order valence-corrected chi connectivity index (χ1v) is 6.34. The van der Waals surface area contributed by atoms with Gasteiger partial charge in [0.25, 0.3) is 0 Å². The number of ether oxygens (including phenoxy) is 1. The van der Waals surface area contributed by atoms with Crippen LogP contribution in [-0.4, -0.2) is 22.5 Å². The summed E-state index contributed by atoms with van der Waals surface area (Å²) in [7, 11) is 0. The minimum Gasteiger partial charge on any atom is -0.462 e. The Balaban J connectivity index is 2.52. The second-order valence-electron chi connectivity index (χ2n) is 3.99. The number of rotatable bonds is 4. The van der Waals surface area contributed by atoms with Crippen LogP contribution in [0.4, 0.5) is 0 Å². The van der Waals surface area contributed by atoms with Crippen LogP contribution in [-0.2, 0) is 11.2 Å². The molecule has 0 saturated carbocycles. The lowest BCUT2D eigenvalue weighted by atomic mass is 10.1. The van der Waals surface area contributed by atoms with Crippen LogP contribution in [0.1, 0.15) is 30.0 Å². The van der Waals surface area contributed by atoms with Crippen molar-refractivity contribution in [2.45, 2.75) is 20.3 Å². The summed E-state index contributed by atoms with van der Waals surface area (Å²) in [5.41, 5.74) is 1.93. The van der Waals surface area contributed by atoms with Crippen molar-refractivity contribution in [3.63, 3.8) is 0 Å². The lowest BCUT2D eigenvalue weighted by molar-refractivity contribution is 0.0526. The third-order valence-corrected chi connectivity index (χ3v) is 2.70. The lowest BCUT2D eigenvalue weighted by Crippen LogP contribution is -2.10. The van der Waals surface area contributed by atoms with Crippen LogP contribution in [0, 0.1) is 0 Å². The molecule has 0 radical (unpaired) electrons. The molecule has 0 unspecified atom stereocenters. The number of aryl methyl sites for hydroxylation is 1. The molecule has 1 heterocycles. The molecule has 0 N–H and O–H groups in total. The van der Waals surface area contributed by atoms with Crippen molar-refractivity contribution in [2.75, 3.05) is 6.61 Å². The first-order valence-electron chi connectivity index (χ1n) is 6.34. The molecule has 0 amide bonds. The monoisotopic (exact) mass is 256 g/mol. The molecule has 0 spiro atoms. The van der Waals surface area contributed by atoms with Crippen LogP contribution in [0.25, 0.3) is 11.3 Å². The minimum absolute atomic E-state index is 0.336. The molecule has 19 heavy (non-hydrogen) atoms. The van der Waals surface area contributed by atoms with E-state index in [1.807, 2.05) is 37.3 Å². The van der Waals surface area contributed by atoms with Crippen molar-refractivity contribution < 1.29 is 9.53 Å². The Morgan fingerprint density at radius 2 is 1.95 bits per heavy atom. The van der Waals surface area contributed by atoms with Gasteiger partial charge in [-0.25, -0.2) is 14.8 Å². The normalized spacial score (nSPS) is 10.2. The van der Waals surface area contributed by atoms with Crippen molar-refractivity contribution in [2.24, 2.45) is 0 Å². The standard InChI is InChI=1S/C15H16N2O2/c1-3-13-16-10-12(15(18)19-4-2)14(17-13)11-8-6-5-7-9-11/h5-10H,3-4H2,1-2H3. The predicted octanol–water partition coefficient (Wildman–Crippen LogP) is 2.88. The second kappa shape index (κ2) is 6.09. The number of aromatic nitrogens is 2. The van der Waals surface area contributed by atoms with Crippen LogP contribution >= 0.6 is 0 Å². The zero-order valence-electron chi connectivity index (χ0n) is 11.1. The van der Waals surface area contributed by atoms with E-state index in [0.717, 1.165) is 12.0 Å². The highest BCUT2D eigenvalue weighted by molar-refractivity contribution is 5.95. The first kappa shape index (κ1) is 13.2. The van der Waals surface area contributed by atoms with Gasteiger partial charge in [0.2, 0.25) is 0 Å². The summed E-state index contributed by atoms with van der Waals surface area (Å²) in [6.45, 7) is 4.10. The molecule has 2 rings (SSSR count). The van der Waals surface area contributed by atoms with Crippen molar-refractivity contribution in [1.29, 1.82) is 0 Å². The predicted molar refractivity (Wildman–Crippen MR) is 72.8 cm³/mol. The molecule has 0 saturated heterocycles. The van der Waals surface area contributed by atoms with E-state index in [9.17, 15) is 4.79 Å². The number of nitrogens with zero attached hydrogens (tertiary/aromatic N) is 2. The van der Waals surface area contributed by atoms with Gasteiger partial charge in [0.1, 0.15) is 11.4 Å². The summed E-state index contributed by atoms with van der Waals surface area (Å²) in [5.74, 6) is 0.330. The number of carbonyl (C=O) groups is 1. The maximum Gasteiger partial charge on any atom is 0.341 e. The van der Waals surface area contributed by atoms with Gasteiger partial charge >= 0.3 is 5.97 Å². The zero-order chi connectivity index (χ0) is 13.7. The number of hydrogen-bond donors (Lipinski definition) is 0. The first-order chi connectivity index (χ1) is 9.26. The fraction of sp³-hybridized carbons (Fsp3) is 0.267. The molecule has 0 aliphatic carbocycles. The van der Waals surface area contributed by atoms with Gasteiger partial charge in [-0.15, -0.1) is 0 Å². The Morgan fingerprint density at radius 1 is 1.21 bits per heavy atom. The molecule has 2 aromatic rings. The summed E-state index contributed by atoms with van der Waals surface area (Å²) in [5, 5.41) is 0. The molecular weight excluding hydrogens is 240 g/mol. The average Bonchev–Trinajstić information content (AvgIpc) is 2.47. The quantitative estimate of drug-likeness (QED) is 0.789. The molecular formula is C15H16N2O2. The van der Waals surface area contributed by atoms with Gasteiger partial charge in [-0.2, -0.15) is 0 Å². The number of benzene rings is 1. The molecule has 1 aromatic heterocycles. The Hall–Kier alpha value is -2.23. The fourth-order valence-electron chi connectivity index (χ4n) is 1.76. The topological polar surface area (TPSA) is 52.1 Å². The van der Waals surface area contributed by atoms with Crippen LogP contribution < -0.4 is 0 Å². The fourth-order valence-corrected chi connectivity index (χ4v) is 1.76. The van der Waals surface area contributed by atoms with Gasteiger partial charge in [0, 0.05) is 18.2 Å². The average molecular weight is 256 g/mol. The molecule has 4 heteroatoms. The highest BCUT2D eigenvalue weighted by Gasteiger charge is 2.16. The van der Waals surface area contributed by atoms with Crippen LogP contribution in [0.2, 0.25) is 0 Å². The molecule has 0 atom stereocenters. The van der Waals surface area contributed by atoms with E-state index < -0.39 is 0 Å². The van der Waals surface area contributed by atoms with Gasteiger partial charge in [-0.05, 0) is 6.92 Å². The third-order valence-electron chi connectivity index (χ3n) is 2.70. The van der Waals surface area contributed by atoms with Crippen molar-refractivity contribution in [3.05, 3.63) is 47.9 Å². The van der Waals surface area contributed by atoms with Gasteiger partial charge in [-0.1, -0.05) is 37.3 Å². The van der Waals surface area contributed by atoms with E-state index in [4.69, 9.17) is 4.74 Å². The van der Waals surface area contributed by atoms with E-state index in [1.165, 1.54) is 0 Å². The highest BCUT2D eigenvalue weighted by Crippen LogP contribution is 2.21. The second-order valence-corrected chi connectivity index (χ2v) is 3.99. The Labute approximate surface area is 112 Å². The van der Waals surface area contributed by atoms with E-state index in [0.29, 0.717) is 23.7 Å². The van der Waals surface area contributed by atoms with Gasteiger partial charge in [-0.3, -0.25) is 0 Å². The Bertz CT molecular complexity index is 568. The summed E-state index contributed by atoms with van der Waals surface area (Å²) in [6, 6.07) is 9.60. The molecule has 0 bridgehead atoms. The highest BCUT2D eigenvalue weighted by atomic mass is 16.5. The van der Waals surface area contributed by atoms with Crippen molar-refractivity contribution in [3.8, 4) is 11.3 Å². The Kier molecular flexibility index (Phi) is 4.23. The van der Waals surface area contributed by atoms with Crippen molar-refractivity contribution in [1.82, 2.24) is 9.97 Å². The summed E-state index contributed by atoms with van der Waals surface area (Å²) in [6.07, 6.45) is 2.27. The van der Waals surface area contributed by atoms with Gasteiger partial charge in [0.15, 0.2) is 0 Å². The molecule has 4 nitrogen and oxygen atoms in total.